The number of hydrogen-bond donors (Lipinski definition) is 1. The number of nitrogens with one attached hydrogen (secondary N) is 1. The van der Waals surface area contributed by atoms with Gasteiger partial charge >= 0.3 is 6.18 Å². The lowest BCUT2D eigenvalue weighted by atomic mass is 10.1. The lowest BCUT2D eigenvalue weighted by Crippen LogP contribution is -2.38. The van der Waals surface area contributed by atoms with Crippen LogP contribution in [0.25, 0.3) is 0 Å². The summed E-state index contributed by atoms with van der Waals surface area (Å²) < 4.78 is 42.3. The Kier molecular flexibility index (Phi) is 4.06. The Morgan fingerprint density at radius 3 is 2.72 bits per heavy atom. The van der Waals surface area contributed by atoms with Gasteiger partial charge in [0.1, 0.15) is 6.61 Å². The number of rotatable bonds is 3. The zero-order chi connectivity index (χ0) is 13.0. The first kappa shape index (κ1) is 13.1. The van der Waals surface area contributed by atoms with Gasteiger partial charge in [0.2, 0.25) is 5.88 Å². The normalized spacial score (nSPS) is 20.7. The number of hydrogen-bond acceptors (Lipinski definition) is 3. The van der Waals surface area contributed by atoms with Crippen LogP contribution in [0, 0.1) is 0 Å². The molecule has 1 aromatic heterocycles. The lowest BCUT2D eigenvalue weighted by molar-refractivity contribution is -0.137. The highest BCUT2D eigenvalue weighted by atomic mass is 19.4. The molecule has 0 aromatic carbocycles. The van der Waals surface area contributed by atoms with Crippen LogP contribution in [0.3, 0.4) is 0 Å². The molecule has 0 amide bonds. The molecule has 1 aromatic rings. The molecular weight excluding hydrogens is 245 g/mol. The van der Waals surface area contributed by atoms with Crippen molar-refractivity contribution in [3.63, 3.8) is 0 Å². The fourth-order valence-corrected chi connectivity index (χ4v) is 1.89. The van der Waals surface area contributed by atoms with E-state index < -0.39 is 11.7 Å². The van der Waals surface area contributed by atoms with Crippen molar-refractivity contribution in [2.75, 3.05) is 13.2 Å². The van der Waals surface area contributed by atoms with E-state index >= 15 is 0 Å². The van der Waals surface area contributed by atoms with E-state index in [1.54, 1.807) is 0 Å². The van der Waals surface area contributed by atoms with Crippen LogP contribution >= 0.6 is 0 Å². The molecule has 0 saturated carbocycles. The highest BCUT2D eigenvalue weighted by molar-refractivity contribution is 5.20. The molecule has 1 unspecified atom stereocenters. The number of piperidine rings is 1. The van der Waals surface area contributed by atoms with Crippen LogP contribution in [0.1, 0.15) is 24.8 Å². The Labute approximate surface area is 103 Å². The third-order valence-corrected chi connectivity index (χ3v) is 2.91. The number of alkyl halides is 3. The van der Waals surface area contributed by atoms with Gasteiger partial charge < -0.3 is 10.1 Å². The predicted octanol–water partition coefficient (Wildman–Crippen LogP) is 2.62. The van der Waals surface area contributed by atoms with Crippen LogP contribution in [-0.4, -0.2) is 24.2 Å². The molecule has 0 bridgehead atoms. The molecule has 100 valence electrons. The molecule has 6 heteroatoms. The van der Waals surface area contributed by atoms with E-state index in [0.29, 0.717) is 6.61 Å². The van der Waals surface area contributed by atoms with E-state index in [-0.39, 0.29) is 11.9 Å². The zero-order valence-electron chi connectivity index (χ0n) is 9.83. The van der Waals surface area contributed by atoms with Gasteiger partial charge in [-0.25, -0.2) is 4.98 Å². The Balaban J connectivity index is 1.86. The topological polar surface area (TPSA) is 34.1 Å². The summed E-state index contributed by atoms with van der Waals surface area (Å²) in [7, 11) is 0. The van der Waals surface area contributed by atoms with Crippen molar-refractivity contribution in [1.82, 2.24) is 10.3 Å². The minimum atomic E-state index is -4.35. The maximum absolute atomic E-state index is 12.3. The van der Waals surface area contributed by atoms with Crippen molar-refractivity contribution in [3.05, 3.63) is 23.9 Å². The summed E-state index contributed by atoms with van der Waals surface area (Å²) >= 11 is 0. The van der Waals surface area contributed by atoms with E-state index in [0.717, 1.165) is 38.1 Å². The zero-order valence-corrected chi connectivity index (χ0v) is 9.83. The molecule has 2 heterocycles. The summed E-state index contributed by atoms with van der Waals surface area (Å²) in [6.45, 7) is 1.41. The number of pyridine rings is 1. The predicted molar refractivity (Wildman–Crippen MR) is 60.4 cm³/mol. The van der Waals surface area contributed by atoms with E-state index in [4.69, 9.17) is 4.74 Å². The smallest absolute Gasteiger partial charge is 0.417 e. The lowest BCUT2D eigenvalue weighted by Gasteiger charge is -2.23. The molecule has 0 spiro atoms. The fourth-order valence-electron chi connectivity index (χ4n) is 1.89. The van der Waals surface area contributed by atoms with E-state index in [2.05, 4.69) is 10.3 Å². The highest BCUT2D eigenvalue weighted by Gasteiger charge is 2.30. The van der Waals surface area contributed by atoms with Gasteiger partial charge in [0.15, 0.2) is 0 Å². The van der Waals surface area contributed by atoms with Crippen molar-refractivity contribution in [2.24, 2.45) is 0 Å². The summed E-state index contributed by atoms with van der Waals surface area (Å²) in [6.07, 6.45) is -0.211. The maximum Gasteiger partial charge on any atom is 0.417 e. The molecule has 1 atom stereocenters. The van der Waals surface area contributed by atoms with E-state index in [1.807, 2.05) is 0 Å². The summed E-state index contributed by atoms with van der Waals surface area (Å²) in [6, 6.07) is 2.50. The maximum atomic E-state index is 12.3. The highest BCUT2D eigenvalue weighted by Crippen LogP contribution is 2.29. The number of aromatic nitrogens is 1. The Hall–Kier alpha value is -1.30. The number of nitrogens with zero attached hydrogens (tertiary/aromatic N) is 1. The first-order valence-electron chi connectivity index (χ1n) is 5.95. The molecule has 18 heavy (non-hydrogen) atoms. The van der Waals surface area contributed by atoms with E-state index in [9.17, 15) is 13.2 Å². The average Bonchev–Trinajstić information content (AvgIpc) is 2.37. The second-order valence-corrected chi connectivity index (χ2v) is 4.34. The molecule has 0 radical (unpaired) electrons. The van der Waals surface area contributed by atoms with Gasteiger partial charge in [0.25, 0.3) is 0 Å². The molecular formula is C12H15F3N2O. The largest absolute Gasteiger partial charge is 0.476 e. The monoisotopic (exact) mass is 260 g/mol. The molecule has 2 rings (SSSR count). The van der Waals surface area contributed by atoms with Crippen molar-refractivity contribution < 1.29 is 17.9 Å². The fraction of sp³-hybridized carbons (Fsp3) is 0.583. The first-order valence-corrected chi connectivity index (χ1v) is 5.95. The van der Waals surface area contributed by atoms with Crippen molar-refractivity contribution in [3.8, 4) is 5.88 Å². The SMILES string of the molecule is FC(F)(F)c1ccc(OCC2CCCCN2)nc1. The van der Waals surface area contributed by atoms with Gasteiger partial charge in [0.05, 0.1) is 5.56 Å². The molecule has 1 N–H and O–H groups in total. The Bertz CT molecular complexity index is 372. The molecule has 1 fully saturated rings. The first-order chi connectivity index (χ1) is 8.55. The number of ether oxygens (including phenoxy) is 1. The second-order valence-electron chi connectivity index (χ2n) is 4.34. The molecule has 1 saturated heterocycles. The average molecular weight is 260 g/mol. The van der Waals surface area contributed by atoms with Crippen LogP contribution < -0.4 is 10.1 Å². The minimum Gasteiger partial charge on any atom is -0.476 e. The van der Waals surface area contributed by atoms with E-state index in [1.165, 1.54) is 6.07 Å². The molecule has 0 aliphatic carbocycles. The Morgan fingerprint density at radius 1 is 1.33 bits per heavy atom. The van der Waals surface area contributed by atoms with Gasteiger partial charge in [-0.15, -0.1) is 0 Å². The summed E-state index contributed by atoms with van der Waals surface area (Å²) in [4.78, 5) is 3.66. The second kappa shape index (κ2) is 5.56. The summed E-state index contributed by atoms with van der Waals surface area (Å²) in [5.41, 5.74) is -0.759. The van der Waals surface area contributed by atoms with Crippen LogP contribution in [0.15, 0.2) is 18.3 Å². The van der Waals surface area contributed by atoms with Gasteiger partial charge in [-0.2, -0.15) is 13.2 Å². The van der Waals surface area contributed by atoms with Crippen molar-refractivity contribution in [1.29, 1.82) is 0 Å². The van der Waals surface area contributed by atoms with Crippen molar-refractivity contribution >= 4 is 0 Å². The van der Waals surface area contributed by atoms with Crippen LogP contribution in [0.4, 0.5) is 13.2 Å². The van der Waals surface area contributed by atoms with Gasteiger partial charge in [0, 0.05) is 18.3 Å². The molecule has 1 aliphatic heterocycles. The van der Waals surface area contributed by atoms with Gasteiger partial charge in [-0.05, 0) is 25.5 Å². The quantitative estimate of drug-likeness (QED) is 0.907. The van der Waals surface area contributed by atoms with Crippen molar-refractivity contribution in [2.45, 2.75) is 31.5 Å². The van der Waals surface area contributed by atoms with Gasteiger partial charge in [-0.1, -0.05) is 6.42 Å². The minimum absolute atomic E-state index is 0.232. The molecule has 3 nitrogen and oxygen atoms in total. The van der Waals surface area contributed by atoms with Crippen LogP contribution in [0.2, 0.25) is 0 Å². The van der Waals surface area contributed by atoms with Crippen LogP contribution in [0.5, 0.6) is 5.88 Å². The van der Waals surface area contributed by atoms with Gasteiger partial charge in [-0.3, -0.25) is 0 Å². The third-order valence-electron chi connectivity index (χ3n) is 2.91. The Morgan fingerprint density at radius 2 is 2.17 bits per heavy atom. The summed E-state index contributed by atoms with van der Waals surface area (Å²) in [5.74, 6) is 0.232. The standard InChI is InChI=1S/C12H15F3N2O/c13-12(14,15)9-4-5-11(17-7-9)18-8-10-3-1-2-6-16-10/h4-5,7,10,16H,1-3,6,8H2. The molecule has 1 aliphatic rings. The number of halogens is 3. The third kappa shape index (κ3) is 3.60. The van der Waals surface area contributed by atoms with Crippen LogP contribution in [-0.2, 0) is 6.18 Å². The summed E-state index contributed by atoms with van der Waals surface area (Å²) in [5, 5.41) is 3.29.